The Morgan fingerprint density at radius 2 is 0.782 bits per heavy atom. The molecule has 1 aromatic carbocycles. The minimum Gasteiger partial charge on any atom is -0.463 e. The van der Waals surface area contributed by atoms with Crippen molar-refractivity contribution in [2.24, 2.45) is 0 Å². The summed E-state index contributed by atoms with van der Waals surface area (Å²) in [5.74, 6) is -6.91. The molecule has 3 rings (SSSR count). The van der Waals surface area contributed by atoms with Crippen molar-refractivity contribution < 1.29 is 95.2 Å². The second kappa shape index (κ2) is 19.7. The molecule has 0 amide bonds. The predicted octanol–water partition coefficient (Wildman–Crippen LogP) is 0.919. The molecule has 2 saturated heterocycles. The molecular formula is C35H44O20. The molecule has 20 heteroatoms. The molecule has 20 nitrogen and oxygen atoms in total. The average molecular weight is 785 g/mol. The molecule has 2 fully saturated rings. The molecule has 0 N–H and O–H groups in total. The van der Waals surface area contributed by atoms with E-state index in [1.54, 1.807) is 13.0 Å². The number of hydrogen-bond acceptors (Lipinski definition) is 20. The van der Waals surface area contributed by atoms with Crippen LogP contribution in [0.3, 0.4) is 0 Å². The molecule has 0 spiro atoms. The first-order valence-electron chi connectivity index (χ1n) is 16.8. The summed E-state index contributed by atoms with van der Waals surface area (Å²) in [5, 5.41) is 0. The van der Waals surface area contributed by atoms with E-state index in [4.69, 9.17) is 56.8 Å². The van der Waals surface area contributed by atoms with Gasteiger partial charge in [-0.15, -0.1) is 0 Å². The number of hydrogen-bond donors (Lipinski definition) is 0. The van der Waals surface area contributed by atoms with Crippen LogP contribution in [-0.4, -0.2) is 122 Å². The van der Waals surface area contributed by atoms with Gasteiger partial charge in [-0.1, -0.05) is 6.07 Å². The summed E-state index contributed by atoms with van der Waals surface area (Å²) in [7, 11) is 0. The maximum absolute atomic E-state index is 12.4. The first-order valence-corrected chi connectivity index (χ1v) is 16.8. The summed E-state index contributed by atoms with van der Waals surface area (Å²) in [6.07, 6.45) is -15.3. The van der Waals surface area contributed by atoms with Gasteiger partial charge in [0.15, 0.2) is 35.9 Å². The molecular weight excluding hydrogens is 740 g/mol. The van der Waals surface area contributed by atoms with Crippen molar-refractivity contribution >= 4 is 47.8 Å². The van der Waals surface area contributed by atoms with Crippen molar-refractivity contribution in [3.8, 4) is 11.5 Å². The van der Waals surface area contributed by atoms with Crippen molar-refractivity contribution in [1.82, 2.24) is 0 Å². The Bertz CT molecular complexity index is 1610. The Kier molecular flexibility index (Phi) is 15.7. The van der Waals surface area contributed by atoms with Crippen LogP contribution in [0, 0.1) is 6.92 Å². The van der Waals surface area contributed by atoms with Gasteiger partial charge in [-0.2, -0.15) is 0 Å². The Morgan fingerprint density at radius 1 is 0.455 bits per heavy atom. The summed E-state index contributed by atoms with van der Waals surface area (Å²) in [4.78, 5) is 97.1. The lowest BCUT2D eigenvalue weighted by molar-refractivity contribution is -0.292. The number of benzene rings is 1. The molecule has 0 aliphatic carbocycles. The monoisotopic (exact) mass is 784 g/mol. The fraction of sp³-hybridized carbons (Fsp3) is 0.600. The first kappa shape index (κ1) is 43.9. The molecule has 10 unspecified atom stereocenters. The minimum atomic E-state index is -1.68. The van der Waals surface area contributed by atoms with Crippen molar-refractivity contribution in [3.05, 3.63) is 23.8 Å². The maximum Gasteiger partial charge on any atom is 0.303 e. The van der Waals surface area contributed by atoms with E-state index in [-0.39, 0.29) is 11.5 Å². The van der Waals surface area contributed by atoms with Crippen molar-refractivity contribution in [3.63, 3.8) is 0 Å². The van der Waals surface area contributed by atoms with E-state index in [2.05, 4.69) is 0 Å². The van der Waals surface area contributed by atoms with Gasteiger partial charge in [0, 0.05) is 55.4 Å². The lowest BCUT2D eigenvalue weighted by Gasteiger charge is -2.44. The minimum absolute atomic E-state index is 0.145. The van der Waals surface area contributed by atoms with E-state index in [1.807, 2.05) is 0 Å². The normalized spacial score (nSPS) is 27.2. The maximum atomic E-state index is 12.4. The summed E-state index contributed by atoms with van der Waals surface area (Å²) in [5.41, 5.74) is 0.578. The van der Waals surface area contributed by atoms with Gasteiger partial charge in [-0.3, -0.25) is 38.4 Å². The molecule has 1 aromatic rings. The third-order valence-corrected chi connectivity index (χ3v) is 7.48. The van der Waals surface area contributed by atoms with Gasteiger partial charge in [0.1, 0.15) is 25.4 Å². The van der Waals surface area contributed by atoms with E-state index in [0.717, 1.165) is 55.4 Å². The van der Waals surface area contributed by atoms with Gasteiger partial charge in [0.2, 0.25) is 24.8 Å². The molecule has 0 aromatic heterocycles. The van der Waals surface area contributed by atoms with Crippen molar-refractivity contribution in [2.45, 2.75) is 124 Å². The number of carbonyl (C=O) groups excluding carboxylic acids is 8. The summed E-state index contributed by atoms with van der Waals surface area (Å²) in [6, 6.07) is 4.44. The SMILES string of the molecule is CC(=O)OCC1OC(Oc2ccc(C)cc2OC2OC(COC(C)=O)C(OC(C)=O)C(OC(C)=O)C2OC(C)=O)C(OC(C)=O)C(OC(C)=O)C1OC(C)=O. The van der Waals surface area contributed by atoms with Gasteiger partial charge in [-0.05, 0) is 24.6 Å². The van der Waals surface area contributed by atoms with Crippen LogP contribution in [0.2, 0.25) is 0 Å². The molecule has 0 radical (unpaired) electrons. The van der Waals surface area contributed by atoms with Gasteiger partial charge < -0.3 is 56.8 Å². The zero-order chi connectivity index (χ0) is 41.1. The largest absolute Gasteiger partial charge is 0.463 e. The number of rotatable bonds is 14. The molecule has 0 saturated carbocycles. The van der Waals surface area contributed by atoms with E-state index in [9.17, 15) is 38.4 Å². The molecule has 2 aliphatic heterocycles. The quantitative estimate of drug-likeness (QED) is 0.188. The first-order chi connectivity index (χ1) is 25.7. The zero-order valence-corrected chi connectivity index (χ0v) is 31.6. The van der Waals surface area contributed by atoms with E-state index in [0.29, 0.717) is 5.56 Å². The highest BCUT2D eigenvalue weighted by atomic mass is 16.8. The van der Waals surface area contributed by atoms with E-state index in [1.165, 1.54) is 12.1 Å². The smallest absolute Gasteiger partial charge is 0.303 e. The molecule has 304 valence electrons. The zero-order valence-electron chi connectivity index (χ0n) is 31.6. The van der Waals surface area contributed by atoms with Crippen LogP contribution >= 0.6 is 0 Å². The lowest BCUT2D eigenvalue weighted by atomic mass is 9.98. The topological polar surface area (TPSA) is 247 Å². The van der Waals surface area contributed by atoms with Crippen LogP contribution in [0.25, 0.3) is 0 Å². The summed E-state index contributed by atoms with van der Waals surface area (Å²) >= 11 is 0. The standard InChI is InChI=1S/C35H44O20/c1-15-10-11-24(52-34-32(50-22(8)42)30(48-20(6)40)28(46-18(4)38)26(54-34)13-44-16(2)36)25(12-15)53-35-33(51-23(9)43)31(49-21(7)41)29(47-19(5)39)27(55-35)14-45-17(3)37/h10-12,26-35H,13-14H2,1-9H3. The molecule has 2 heterocycles. The Balaban J connectivity index is 2.14. The van der Waals surface area contributed by atoms with E-state index >= 15 is 0 Å². The van der Waals surface area contributed by atoms with Crippen LogP contribution in [-0.2, 0) is 85.7 Å². The van der Waals surface area contributed by atoms with Crippen molar-refractivity contribution in [1.29, 1.82) is 0 Å². The van der Waals surface area contributed by atoms with Gasteiger partial charge in [-0.25, -0.2) is 0 Å². The Labute approximate surface area is 315 Å². The van der Waals surface area contributed by atoms with Gasteiger partial charge in [0.05, 0.1) is 0 Å². The average Bonchev–Trinajstić information content (AvgIpc) is 3.04. The van der Waals surface area contributed by atoms with Crippen LogP contribution in [0.5, 0.6) is 11.5 Å². The van der Waals surface area contributed by atoms with Crippen LogP contribution < -0.4 is 9.47 Å². The lowest BCUT2D eigenvalue weighted by Crippen LogP contribution is -2.64. The summed E-state index contributed by atoms with van der Waals surface area (Å²) in [6.45, 7) is 9.22. The number of aryl methyl sites for hydroxylation is 1. The van der Waals surface area contributed by atoms with Crippen molar-refractivity contribution in [2.75, 3.05) is 13.2 Å². The molecule has 10 atom stereocenters. The number of esters is 8. The van der Waals surface area contributed by atoms with Crippen LogP contribution in [0.1, 0.15) is 61.0 Å². The predicted molar refractivity (Wildman–Crippen MR) is 176 cm³/mol. The van der Waals surface area contributed by atoms with Gasteiger partial charge in [0.25, 0.3) is 0 Å². The second-order valence-electron chi connectivity index (χ2n) is 12.3. The number of ether oxygens (including phenoxy) is 12. The number of carbonyl (C=O) groups is 8. The van der Waals surface area contributed by atoms with Crippen LogP contribution in [0.15, 0.2) is 18.2 Å². The Morgan fingerprint density at radius 3 is 1.13 bits per heavy atom. The van der Waals surface area contributed by atoms with E-state index < -0.39 is 122 Å². The molecule has 0 bridgehead atoms. The molecule has 55 heavy (non-hydrogen) atoms. The molecule has 2 aliphatic rings. The third-order valence-electron chi connectivity index (χ3n) is 7.48. The fourth-order valence-electron chi connectivity index (χ4n) is 5.62. The third kappa shape index (κ3) is 13.1. The fourth-order valence-corrected chi connectivity index (χ4v) is 5.62. The Hall–Kier alpha value is -5.50. The highest BCUT2D eigenvalue weighted by Crippen LogP contribution is 2.38. The highest BCUT2D eigenvalue weighted by Gasteiger charge is 2.55. The van der Waals surface area contributed by atoms with Gasteiger partial charge >= 0.3 is 47.8 Å². The summed E-state index contributed by atoms with van der Waals surface area (Å²) < 4.78 is 67.5. The van der Waals surface area contributed by atoms with Crippen LogP contribution in [0.4, 0.5) is 0 Å². The highest BCUT2D eigenvalue weighted by molar-refractivity contribution is 5.70. The second-order valence-corrected chi connectivity index (χ2v) is 12.3.